The van der Waals surface area contributed by atoms with Gasteiger partial charge in [-0.25, -0.2) is 9.97 Å². The number of nitrogens with zero attached hydrogens (tertiary/aromatic N) is 2. The zero-order chi connectivity index (χ0) is 45.4. The summed E-state index contributed by atoms with van der Waals surface area (Å²) in [5.74, 6) is 0.675. The van der Waals surface area contributed by atoms with Crippen molar-refractivity contribution in [3.05, 3.63) is 231 Å². The number of fused-ring (bicyclic) bond motifs is 9. The quantitative estimate of drug-likeness (QED) is 0.160. The van der Waals surface area contributed by atoms with Crippen molar-refractivity contribution >= 4 is 65.8 Å². The van der Waals surface area contributed by atoms with Crippen LogP contribution < -0.4 is 0 Å². The van der Waals surface area contributed by atoms with E-state index in [-0.39, 0.29) is 0 Å². The lowest BCUT2D eigenvalue weighted by Gasteiger charge is -2.13. The molecule has 0 saturated heterocycles. The molecule has 0 aliphatic rings. The molecule has 0 unspecified atom stereocenters. The first-order valence-corrected chi connectivity index (χ1v) is 23.2. The summed E-state index contributed by atoms with van der Waals surface area (Å²) in [6.07, 6.45) is 0. The lowest BCUT2D eigenvalue weighted by atomic mass is 9.92. The molecule has 0 aliphatic carbocycles. The monoisotopic (exact) mass is 882 g/mol. The normalized spacial score (nSPS) is 11.8. The Balaban J connectivity index is 0.849. The van der Waals surface area contributed by atoms with E-state index in [0.717, 1.165) is 138 Å². The maximum Gasteiger partial charge on any atom is 0.160 e. The molecule has 10 aromatic carbocycles. The summed E-state index contributed by atoms with van der Waals surface area (Å²) in [6, 6.07) is 80.7. The first kappa shape index (κ1) is 38.9. The second kappa shape index (κ2) is 15.7. The summed E-state index contributed by atoms with van der Waals surface area (Å²) in [7, 11) is 0. The highest BCUT2D eigenvalue weighted by molar-refractivity contribution is 6.08. The van der Waals surface area contributed by atoms with Gasteiger partial charge in [0.1, 0.15) is 33.5 Å². The number of rotatable bonds is 7. The standard InChI is InChI=1S/C64H38N2O3/c1-2-10-43(11-3-1)64-65-56(41-22-18-39(19-23-41)46-26-29-53-50-12-4-7-15-58(50)69-63(53)37-46)38-57(66-64)42-24-20-40(21-25-42)47-32-48(44-27-30-61-54(35-44)51-13-5-8-16-59(51)67-61)34-49(33-47)45-28-31-62-55(36-45)52-14-6-9-17-60(52)68-62/h1-38H. The SMILES string of the molecule is c1ccc(-c2nc(-c3ccc(-c4cc(-c5ccc6oc7ccccc7c6c5)cc(-c5ccc6oc7ccccc7c6c5)c4)cc3)cc(-c3ccc(-c4ccc5c(c4)oc4ccccc45)cc3)n2)cc1. The van der Waals surface area contributed by atoms with Gasteiger partial charge in [0.05, 0.1) is 11.4 Å². The largest absolute Gasteiger partial charge is 0.456 e. The van der Waals surface area contributed by atoms with E-state index in [4.69, 9.17) is 23.2 Å². The van der Waals surface area contributed by atoms with Crippen molar-refractivity contribution in [3.63, 3.8) is 0 Å². The molecule has 14 rings (SSSR count). The number of benzene rings is 10. The minimum absolute atomic E-state index is 0.675. The van der Waals surface area contributed by atoms with Gasteiger partial charge in [0.25, 0.3) is 0 Å². The van der Waals surface area contributed by atoms with Gasteiger partial charge in [-0.3, -0.25) is 0 Å². The van der Waals surface area contributed by atoms with Gasteiger partial charge in [-0.15, -0.1) is 0 Å². The summed E-state index contributed by atoms with van der Waals surface area (Å²) < 4.78 is 18.7. The molecular weight excluding hydrogens is 845 g/mol. The Morgan fingerprint density at radius 1 is 0.203 bits per heavy atom. The number of para-hydroxylation sites is 3. The topological polar surface area (TPSA) is 65.2 Å². The molecule has 0 atom stereocenters. The highest BCUT2D eigenvalue weighted by Gasteiger charge is 2.16. The van der Waals surface area contributed by atoms with Gasteiger partial charge < -0.3 is 13.3 Å². The number of furan rings is 3. The molecule has 0 N–H and O–H groups in total. The summed E-state index contributed by atoms with van der Waals surface area (Å²) in [4.78, 5) is 10.3. The van der Waals surface area contributed by atoms with Crippen molar-refractivity contribution in [2.45, 2.75) is 0 Å². The maximum absolute atomic E-state index is 6.23. The van der Waals surface area contributed by atoms with Crippen LogP contribution in [0.1, 0.15) is 0 Å². The molecule has 0 spiro atoms. The van der Waals surface area contributed by atoms with E-state index >= 15 is 0 Å². The van der Waals surface area contributed by atoms with E-state index in [2.05, 4.69) is 170 Å². The Kier molecular flexibility index (Phi) is 8.83. The fourth-order valence-electron chi connectivity index (χ4n) is 9.97. The summed E-state index contributed by atoms with van der Waals surface area (Å²) >= 11 is 0. The molecule has 4 heterocycles. The molecule has 5 heteroatoms. The van der Waals surface area contributed by atoms with E-state index in [1.165, 1.54) is 0 Å². The molecular formula is C64H38N2O3. The molecule has 322 valence electrons. The van der Waals surface area contributed by atoms with E-state index in [0.29, 0.717) is 5.82 Å². The van der Waals surface area contributed by atoms with Crippen LogP contribution >= 0.6 is 0 Å². The smallest absolute Gasteiger partial charge is 0.160 e. The van der Waals surface area contributed by atoms with Gasteiger partial charge in [-0.1, -0.05) is 152 Å². The van der Waals surface area contributed by atoms with Crippen molar-refractivity contribution in [1.82, 2.24) is 9.97 Å². The summed E-state index contributed by atoms with van der Waals surface area (Å²) in [5, 5.41) is 6.66. The third-order valence-electron chi connectivity index (χ3n) is 13.5. The molecule has 0 amide bonds. The van der Waals surface area contributed by atoms with Crippen LogP contribution in [0.4, 0.5) is 0 Å². The molecule has 0 aliphatic heterocycles. The Morgan fingerprint density at radius 2 is 0.565 bits per heavy atom. The van der Waals surface area contributed by atoms with Crippen LogP contribution in [-0.2, 0) is 0 Å². The van der Waals surface area contributed by atoms with Crippen molar-refractivity contribution in [2.75, 3.05) is 0 Å². The van der Waals surface area contributed by atoms with Gasteiger partial charge >= 0.3 is 0 Å². The Labute approximate surface area is 396 Å². The van der Waals surface area contributed by atoms with Crippen LogP contribution in [0.25, 0.3) is 144 Å². The zero-order valence-corrected chi connectivity index (χ0v) is 37.1. The molecule has 5 nitrogen and oxygen atoms in total. The van der Waals surface area contributed by atoms with E-state index in [9.17, 15) is 0 Å². The van der Waals surface area contributed by atoms with Crippen LogP contribution in [0.3, 0.4) is 0 Å². The lowest BCUT2D eigenvalue weighted by molar-refractivity contribution is 0.668. The third kappa shape index (κ3) is 6.79. The highest BCUT2D eigenvalue weighted by atomic mass is 16.3. The van der Waals surface area contributed by atoms with Gasteiger partial charge in [-0.05, 0) is 123 Å². The van der Waals surface area contributed by atoms with Crippen LogP contribution in [0, 0.1) is 0 Å². The third-order valence-corrected chi connectivity index (χ3v) is 13.5. The second-order valence-corrected chi connectivity index (χ2v) is 17.7. The van der Waals surface area contributed by atoms with Crippen molar-refractivity contribution < 1.29 is 13.3 Å². The lowest BCUT2D eigenvalue weighted by Crippen LogP contribution is -1.96. The minimum atomic E-state index is 0.675. The van der Waals surface area contributed by atoms with Crippen LogP contribution in [0.2, 0.25) is 0 Å². The van der Waals surface area contributed by atoms with Gasteiger partial charge in [0.15, 0.2) is 5.82 Å². The molecule has 0 fully saturated rings. The number of aromatic nitrogens is 2. The first-order valence-electron chi connectivity index (χ1n) is 23.2. The predicted octanol–water partition coefficient (Wildman–Crippen LogP) is 17.8. The average Bonchev–Trinajstić information content (AvgIpc) is 4.11. The Morgan fingerprint density at radius 3 is 1.10 bits per heavy atom. The van der Waals surface area contributed by atoms with E-state index in [1.807, 2.05) is 60.7 Å². The summed E-state index contributed by atoms with van der Waals surface area (Å²) in [5.41, 5.74) is 18.8. The zero-order valence-electron chi connectivity index (χ0n) is 37.1. The minimum Gasteiger partial charge on any atom is -0.456 e. The van der Waals surface area contributed by atoms with Gasteiger partial charge in [0.2, 0.25) is 0 Å². The number of hydrogen-bond donors (Lipinski definition) is 0. The summed E-state index contributed by atoms with van der Waals surface area (Å²) in [6.45, 7) is 0. The maximum atomic E-state index is 6.23. The second-order valence-electron chi connectivity index (χ2n) is 17.7. The highest BCUT2D eigenvalue weighted by Crippen LogP contribution is 2.40. The van der Waals surface area contributed by atoms with Crippen molar-refractivity contribution in [1.29, 1.82) is 0 Å². The molecule has 0 bridgehead atoms. The first-order chi connectivity index (χ1) is 34.1. The Bertz CT molecular complexity index is 4160. The van der Waals surface area contributed by atoms with Crippen LogP contribution in [-0.4, -0.2) is 9.97 Å². The van der Waals surface area contributed by atoms with Crippen molar-refractivity contribution in [3.8, 4) is 78.4 Å². The van der Waals surface area contributed by atoms with Crippen LogP contribution in [0.15, 0.2) is 244 Å². The fourth-order valence-corrected chi connectivity index (χ4v) is 9.97. The van der Waals surface area contributed by atoms with Gasteiger partial charge in [0, 0.05) is 49.0 Å². The number of hydrogen-bond acceptors (Lipinski definition) is 5. The average molecular weight is 883 g/mol. The molecule has 0 radical (unpaired) electrons. The van der Waals surface area contributed by atoms with Crippen LogP contribution in [0.5, 0.6) is 0 Å². The van der Waals surface area contributed by atoms with E-state index < -0.39 is 0 Å². The van der Waals surface area contributed by atoms with Crippen molar-refractivity contribution in [2.24, 2.45) is 0 Å². The molecule has 4 aromatic heterocycles. The fraction of sp³-hybridized carbons (Fsp3) is 0. The molecule has 14 aromatic rings. The Hall–Kier alpha value is -9.32. The predicted molar refractivity (Wildman–Crippen MR) is 282 cm³/mol. The van der Waals surface area contributed by atoms with E-state index in [1.54, 1.807) is 0 Å². The molecule has 0 saturated carbocycles. The molecule has 69 heavy (non-hydrogen) atoms. The van der Waals surface area contributed by atoms with Gasteiger partial charge in [-0.2, -0.15) is 0 Å².